The maximum absolute atomic E-state index is 12.6. The standard InChI is InChI=1S/C21H25N5O2S/c1-4-8-17(16-9-6-5-7-10-16)22-20(27)14-29-21-23-24-25-26(21)18-13-15(2)11-12-19(18)28-3/h5-7,9-13,17H,4,8,14H2,1-3H3,(H,22,27)/t17-/m1/s1. The van der Waals surface area contributed by atoms with E-state index in [0.717, 1.165) is 29.7 Å². The van der Waals surface area contributed by atoms with Gasteiger partial charge in [-0.1, -0.05) is 61.5 Å². The number of nitrogens with one attached hydrogen (secondary N) is 1. The second-order valence-electron chi connectivity index (χ2n) is 6.66. The number of hydrogen-bond donors (Lipinski definition) is 1. The predicted octanol–water partition coefficient (Wildman–Crippen LogP) is 3.73. The van der Waals surface area contributed by atoms with Crippen molar-refractivity contribution in [2.45, 2.75) is 37.9 Å². The molecule has 0 radical (unpaired) electrons. The van der Waals surface area contributed by atoms with Crippen molar-refractivity contribution >= 4 is 17.7 Å². The van der Waals surface area contributed by atoms with Gasteiger partial charge in [0.1, 0.15) is 11.4 Å². The van der Waals surface area contributed by atoms with Gasteiger partial charge in [0.25, 0.3) is 0 Å². The van der Waals surface area contributed by atoms with Crippen LogP contribution in [0.1, 0.15) is 36.9 Å². The van der Waals surface area contributed by atoms with E-state index in [0.29, 0.717) is 10.9 Å². The first-order valence-corrected chi connectivity index (χ1v) is 10.5. The van der Waals surface area contributed by atoms with Crippen molar-refractivity contribution in [3.05, 3.63) is 59.7 Å². The van der Waals surface area contributed by atoms with Crippen molar-refractivity contribution < 1.29 is 9.53 Å². The number of tetrazole rings is 1. The zero-order valence-electron chi connectivity index (χ0n) is 16.8. The van der Waals surface area contributed by atoms with Crippen molar-refractivity contribution in [1.29, 1.82) is 0 Å². The number of carbonyl (C=O) groups excluding carboxylic acids is 1. The Bertz CT molecular complexity index is 945. The van der Waals surface area contributed by atoms with Gasteiger partial charge in [-0.2, -0.15) is 4.68 Å². The van der Waals surface area contributed by atoms with Crippen LogP contribution in [-0.2, 0) is 4.79 Å². The molecule has 1 atom stereocenters. The molecule has 0 aliphatic heterocycles. The van der Waals surface area contributed by atoms with E-state index in [1.807, 2.05) is 55.5 Å². The van der Waals surface area contributed by atoms with Gasteiger partial charge in [0, 0.05) is 0 Å². The highest BCUT2D eigenvalue weighted by molar-refractivity contribution is 7.99. The molecule has 7 nitrogen and oxygen atoms in total. The van der Waals surface area contributed by atoms with Gasteiger partial charge in [-0.25, -0.2) is 0 Å². The van der Waals surface area contributed by atoms with E-state index >= 15 is 0 Å². The number of nitrogens with zero attached hydrogens (tertiary/aromatic N) is 4. The SMILES string of the molecule is CCC[C@@H](NC(=O)CSc1nnnn1-c1cc(C)ccc1OC)c1ccccc1. The second kappa shape index (κ2) is 10.1. The molecular formula is C21H25N5O2S. The molecule has 1 amide bonds. The minimum atomic E-state index is -0.0527. The van der Waals surface area contributed by atoms with Gasteiger partial charge in [-0.3, -0.25) is 4.79 Å². The average molecular weight is 412 g/mol. The molecule has 29 heavy (non-hydrogen) atoms. The Morgan fingerprint density at radius 2 is 2.03 bits per heavy atom. The molecule has 1 heterocycles. The highest BCUT2D eigenvalue weighted by atomic mass is 32.2. The molecule has 2 aromatic carbocycles. The van der Waals surface area contributed by atoms with E-state index in [1.165, 1.54) is 11.8 Å². The quantitative estimate of drug-likeness (QED) is 0.540. The van der Waals surface area contributed by atoms with Crippen molar-refractivity contribution in [3.8, 4) is 11.4 Å². The molecule has 3 aromatic rings. The maximum Gasteiger partial charge on any atom is 0.230 e. The number of ether oxygens (including phenoxy) is 1. The van der Waals surface area contributed by atoms with E-state index in [-0.39, 0.29) is 17.7 Å². The number of thioether (sulfide) groups is 1. The summed E-state index contributed by atoms with van der Waals surface area (Å²) in [4.78, 5) is 12.6. The fraction of sp³-hybridized carbons (Fsp3) is 0.333. The lowest BCUT2D eigenvalue weighted by Gasteiger charge is -2.18. The number of amides is 1. The molecule has 0 aliphatic rings. The fourth-order valence-electron chi connectivity index (χ4n) is 3.05. The molecule has 8 heteroatoms. The van der Waals surface area contributed by atoms with Gasteiger partial charge in [0.2, 0.25) is 11.1 Å². The Labute approximate surface area is 174 Å². The van der Waals surface area contributed by atoms with Gasteiger partial charge >= 0.3 is 0 Å². The van der Waals surface area contributed by atoms with Crippen LogP contribution in [0.25, 0.3) is 5.69 Å². The van der Waals surface area contributed by atoms with E-state index < -0.39 is 0 Å². The topological polar surface area (TPSA) is 81.9 Å². The molecule has 0 saturated heterocycles. The van der Waals surface area contributed by atoms with Gasteiger partial charge < -0.3 is 10.1 Å². The zero-order chi connectivity index (χ0) is 20.6. The molecule has 0 fully saturated rings. The van der Waals surface area contributed by atoms with Crippen molar-refractivity contribution in [1.82, 2.24) is 25.5 Å². The first-order chi connectivity index (χ1) is 14.1. The van der Waals surface area contributed by atoms with Crippen LogP contribution in [0.5, 0.6) is 5.75 Å². The third-order valence-electron chi connectivity index (χ3n) is 4.45. The van der Waals surface area contributed by atoms with E-state index in [9.17, 15) is 4.79 Å². The van der Waals surface area contributed by atoms with E-state index in [4.69, 9.17) is 4.74 Å². The second-order valence-corrected chi connectivity index (χ2v) is 7.60. The zero-order valence-corrected chi connectivity index (χ0v) is 17.6. The Balaban J connectivity index is 1.69. The van der Waals surface area contributed by atoms with Crippen LogP contribution < -0.4 is 10.1 Å². The fourth-order valence-corrected chi connectivity index (χ4v) is 3.74. The summed E-state index contributed by atoms with van der Waals surface area (Å²) >= 11 is 1.30. The average Bonchev–Trinajstić information content (AvgIpc) is 3.21. The van der Waals surface area contributed by atoms with E-state index in [2.05, 4.69) is 27.8 Å². The van der Waals surface area contributed by atoms with Crippen LogP contribution in [0.3, 0.4) is 0 Å². The number of methoxy groups -OCH3 is 1. The van der Waals surface area contributed by atoms with Gasteiger partial charge in [-0.15, -0.1) is 5.10 Å². The number of carbonyl (C=O) groups is 1. The van der Waals surface area contributed by atoms with Crippen LogP contribution in [0.15, 0.2) is 53.7 Å². The molecule has 1 N–H and O–H groups in total. The van der Waals surface area contributed by atoms with E-state index in [1.54, 1.807) is 11.8 Å². The van der Waals surface area contributed by atoms with Crippen LogP contribution >= 0.6 is 11.8 Å². The molecule has 0 spiro atoms. The third-order valence-corrected chi connectivity index (χ3v) is 5.37. The molecule has 0 bridgehead atoms. The Morgan fingerprint density at radius 1 is 1.24 bits per heavy atom. The van der Waals surface area contributed by atoms with Crippen LogP contribution in [-0.4, -0.2) is 39.0 Å². The van der Waals surface area contributed by atoms with Crippen molar-refractivity contribution in [2.24, 2.45) is 0 Å². The number of aryl methyl sites for hydroxylation is 1. The summed E-state index contributed by atoms with van der Waals surface area (Å²) in [6, 6.07) is 15.8. The number of aromatic nitrogens is 4. The summed E-state index contributed by atoms with van der Waals surface area (Å²) in [5.41, 5.74) is 2.92. The summed E-state index contributed by atoms with van der Waals surface area (Å²) < 4.78 is 7.03. The normalized spacial score (nSPS) is 11.8. The molecule has 0 saturated carbocycles. The predicted molar refractivity (Wildman–Crippen MR) is 113 cm³/mol. The van der Waals surface area contributed by atoms with Crippen LogP contribution in [0, 0.1) is 6.92 Å². The van der Waals surface area contributed by atoms with Gasteiger partial charge in [0.15, 0.2) is 0 Å². The summed E-state index contributed by atoms with van der Waals surface area (Å²) in [5, 5.41) is 15.6. The molecule has 0 aliphatic carbocycles. The lowest BCUT2D eigenvalue weighted by atomic mass is 10.0. The number of benzene rings is 2. The smallest absolute Gasteiger partial charge is 0.230 e. The lowest BCUT2D eigenvalue weighted by Crippen LogP contribution is -2.30. The third kappa shape index (κ3) is 5.35. The van der Waals surface area contributed by atoms with Gasteiger partial charge in [-0.05, 0) is 47.0 Å². The molecule has 1 aromatic heterocycles. The molecule has 152 valence electrons. The van der Waals surface area contributed by atoms with Crippen LogP contribution in [0.2, 0.25) is 0 Å². The largest absolute Gasteiger partial charge is 0.494 e. The monoisotopic (exact) mass is 411 g/mol. The lowest BCUT2D eigenvalue weighted by molar-refractivity contribution is -0.119. The summed E-state index contributed by atoms with van der Waals surface area (Å²) in [7, 11) is 1.61. The van der Waals surface area contributed by atoms with Crippen LogP contribution in [0.4, 0.5) is 0 Å². The highest BCUT2D eigenvalue weighted by Gasteiger charge is 2.17. The molecule has 0 unspecified atom stereocenters. The summed E-state index contributed by atoms with van der Waals surface area (Å²) in [6.07, 6.45) is 1.87. The number of hydrogen-bond acceptors (Lipinski definition) is 6. The van der Waals surface area contributed by atoms with Crippen molar-refractivity contribution in [3.63, 3.8) is 0 Å². The maximum atomic E-state index is 12.6. The summed E-state index contributed by atoms with van der Waals surface area (Å²) in [5.74, 6) is 0.839. The Morgan fingerprint density at radius 3 is 2.76 bits per heavy atom. The first-order valence-electron chi connectivity index (χ1n) is 9.53. The molecular weight excluding hydrogens is 386 g/mol. The Hall–Kier alpha value is -2.87. The van der Waals surface area contributed by atoms with Gasteiger partial charge in [0.05, 0.1) is 18.9 Å². The molecule has 3 rings (SSSR count). The minimum Gasteiger partial charge on any atom is -0.494 e. The van der Waals surface area contributed by atoms with Crippen molar-refractivity contribution in [2.75, 3.05) is 12.9 Å². The Kier molecular flexibility index (Phi) is 7.24. The minimum absolute atomic E-state index is 0.00200. The highest BCUT2D eigenvalue weighted by Crippen LogP contribution is 2.27. The number of rotatable bonds is 9. The first kappa shape index (κ1) is 20.9. The summed E-state index contributed by atoms with van der Waals surface area (Å²) in [6.45, 7) is 4.10.